The standard InChI is InChI=1S/C21H25N7O2/c1-3-30-18-6-4-16(5-7-18)24-21(29)25-17-9-11-28(14-17)20-22-10-8-19(26-20)15-12-23-27(2)13-15/h4-8,10,12-13,17H,3,9,11,14H2,1-2H3,(H2,24,25,29). The summed E-state index contributed by atoms with van der Waals surface area (Å²) in [6.45, 7) is 3.99. The highest BCUT2D eigenvalue weighted by atomic mass is 16.5. The van der Waals surface area contributed by atoms with E-state index in [2.05, 4.69) is 30.6 Å². The van der Waals surface area contributed by atoms with Gasteiger partial charge in [-0.25, -0.2) is 14.8 Å². The Morgan fingerprint density at radius 3 is 2.83 bits per heavy atom. The molecule has 1 fully saturated rings. The van der Waals surface area contributed by atoms with E-state index in [0.717, 1.165) is 35.7 Å². The zero-order valence-corrected chi connectivity index (χ0v) is 17.1. The van der Waals surface area contributed by atoms with Crippen LogP contribution >= 0.6 is 0 Å². The van der Waals surface area contributed by atoms with E-state index in [1.807, 2.05) is 50.5 Å². The highest BCUT2D eigenvalue weighted by Crippen LogP contribution is 2.21. The van der Waals surface area contributed by atoms with Gasteiger partial charge in [-0.3, -0.25) is 4.68 Å². The molecule has 156 valence electrons. The largest absolute Gasteiger partial charge is 0.494 e. The van der Waals surface area contributed by atoms with Gasteiger partial charge in [0, 0.05) is 49.8 Å². The van der Waals surface area contributed by atoms with Crippen molar-refractivity contribution in [1.29, 1.82) is 0 Å². The molecule has 0 radical (unpaired) electrons. The van der Waals surface area contributed by atoms with E-state index in [1.54, 1.807) is 17.1 Å². The number of hydrogen-bond acceptors (Lipinski definition) is 6. The maximum atomic E-state index is 12.4. The predicted molar refractivity (Wildman–Crippen MR) is 115 cm³/mol. The number of carbonyl (C=O) groups is 1. The number of carbonyl (C=O) groups excluding carboxylic acids is 1. The monoisotopic (exact) mass is 407 g/mol. The van der Waals surface area contributed by atoms with Crippen molar-refractivity contribution < 1.29 is 9.53 Å². The summed E-state index contributed by atoms with van der Waals surface area (Å²) in [5, 5.41) is 10.1. The molecule has 9 nitrogen and oxygen atoms in total. The topological polar surface area (TPSA) is 97.2 Å². The quantitative estimate of drug-likeness (QED) is 0.652. The molecule has 0 saturated carbocycles. The lowest BCUT2D eigenvalue weighted by atomic mass is 10.2. The lowest BCUT2D eigenvalue weighted by Crippen LogP contribution is -2.39. The number of ether oxygens (including phenoxy) is 1. The minimum absolute atomic E-state index is 0.0262. The molecule has 1 saturated heterocycles. The van der Waals surface area contributed by atoms with Gasteiger partial charge in [-0.05, 0) is 43.7 Å². The van der Waals surface area contributed by atoms with E-state index in [1.165, 1.54) is 0 Å². The normalized spacial score (nSPS) is 15.8. The third-order valence-corrected chi connectivity index (χ3v) is 4.87. The molecule has 2 aromatic heterocycles. The van der Waals surface area contributed by atoms with Crippen LogP contribution in [0.2, 0.25) is 0 Å². The van der Waals surface area contributed by atoms with E-state index in [-0.39, 0.29) is 12.1 Å². The molecule has 3 heterocycles. The van der Waals surface area contributed by atoms with Gasteiger partial charge in [0.25, 0.3) is 0 Å². The maximum Gasteiger partial charge on any atom is 0.319 e. The first-order valence-electron chi connectivity index (χ1n) is 9.98. The molecule has 4 rings (SSSR count). The number of nitrogens with one attached hydrogen (secondary N) is 2. The van der Waals surface area contributed by atoms with Crippen LogP contribution in [-0.4, -0.2) is 51.5 Å². The molecule has 0 spiro atoms. The van der Waals surface area contributed by atoms with Crippen LogP contribution in [0.1, 0.15) is 13.3 Å². The number of aromatic nitrogens is 4. The summed E-state index contributed by atoms with van der Waals surface area (Å²) in [4.78, 5) is 23.5. The molecule has 1 atom stereocenters. The van der Waals surface area contributed by atoms with Gasteiger partial charge >= 0.3 is 6.03 Å². The van der Waals surface area contributed by atoms with Gasteiger partial charge in [0.15, 0.2) is 0 Å². The Hall–Kier alpha value is -3.62. The van der Waals surface area contributed by atoms with Crippen molar-refractivity contribution in [3.8, 4) is 17.0 Å². The molecule has 1 unspecified atom stereocenters. The zero-order valence-electron chi connectivity index (χ0n) is 17.1. The molecule has 3 aromatic rings. The highest BCUT2D eigenvalue weighted by molar-refractivity contribution is 5.89. The fourth-order valence-electron chi connectivity index (χ4n) is 3.43. The van der Waals surface area contributed by atoms with Crippen molar-refractivity contribution in [3.63, 3.8) is 0 Å². The van der Waals surface area contributed by atoms with Gasteiger partial charge in [-0.2, -0.15) is 5.10 Å². The van der Waals surface area contributed by atoms with Gasteiger partial charge < -0.3 is 20.3 Å². The van der Waals surface area contributed by atoms with Crippen LogP contribution in [0.4, 0.5) is 16.4 Å². The summed E-state index contributed by atoms with van der Waals surface area (Å²) in [5.41, 5.74) is 2.50. The summed E-state index contributed by atoms with van der Waals surface area (Å²) < 4.78 is 7.16. The molecular formula is C21H25N7O2. The first-order valence-corrected chi connectivity index (χ1v) is 9.98. The molecule has 1 aliphatic heterocycles. The molecule has 2 N–H and O–H groups in total. The van der Waals surface area contributed by atoms with Crippen LogP contribution in [0.5, 0.6) is 5.75 Å². The number of urea groups is 1. The fourth-order valence-corrected chi connectivity index (χ4v) is 3.43. The SMILES string of the molecule is CCOc1ccc(NC(=O)NC2CCN(c3nccc(-c4cnn(C)c4)n3)C2)cc1. The molecule has 2 amide bonds. The van der Waals surface area contributed by atoms with Crippen molar-refractivity contribution >= 4 is 17.7 Å². The van der Waals surface area contributed by atoms with E-state index in [4.69, 9.17) is 4.74 Å². The van der Waals surface area contributed by atoms with Gasteiger partial charge in [0.2, 0.25) is 5.95 Å². The Balaban J connectivity index is 1.32. The number of rotatable bonds is 6. The number of anilines is 2. The molecule has 30 heavy (non-hydrogen) atoms. The lowest BCUT2D eigenvalue weighted by Gasteiger charge is -2.17. The van der Waals surface area contributed by atoms with Gasteiger partial charge in [-0.15, -0.1) is 0 Å². The first kappa shape index (κ1) is 19.7. The average molecular weight is 407 g/mol. The Morgan fingerprint density at radius 2 is 2.10 bits per heavy atom. The Bertz CT molecular complexity index is 1000. The number of hydrogen-bond donors (Lipinski definition) is 2. The Labute approximate surface area is 175 Å². The Morgan fingerprint density at radius 1 is 1.27 bits per heavy atom. The number of benzene rings is 1. The number of nitrogens with zero attached hydrogens (tertiary/aromatic N) is 5. The third kappa shape index (κ3) is 4.68. The van der Waals surface area contributed by atoms with Crippen molar-refractivity contribution in [3.05, 3.63) is 48.9 Å². The molecular weight excluding hydrogens is 382 g/mol. The van der Waals surface area contributed by atoms with Gasteiger partial charge in [0.1, 0.15) is 5.75 Å². The van der Waals surface area contributed by atoms with Crippen LogP contribution in [0.3, 0.4) is 0 Å². The minimum atomic E-state index is -0.226. The second kappa shape index (κ2) is 8.81. The van der Waals surface area contributed by atoms with E-state index in [9.17, 15) is 4.79 Å². The fraction of sp³-hybridized carbons (Fsp3) is 0.333. The van der Waals surface area contributed by atoms with Crippen LogP contribution in [0.15, 0.2) is 48.9 Å². The zero-order chi connectivity index (χ0) is 20.9. The summed E-state index contributed by atoms with van der Waals surface area (Å²) in [6, 6.07) is 8.99. The highest BCUT2D eigenvalue weighted by Gasteiger charge is 2.26. The number of aryl methyl sites for hydroxylation is 1. The van der Waals surface area contributed by atoms with E-state index in [0.29, 0.717) is 19.1 Å². The second-order valence-corrected chi connectivity index (χ2v) is 7.13. The molecule has 1 aliphatic rings. The second-order valence-electron chi connectivity index (χ2n) is 7.13. The Kier molecular flexibility index (Phi) is 5.78. The van der Waals surface area contributed by atoms with Gasteiger partial charge in [-0.1, -0.05) is 0 Å². The maximum absolute atomic E-state index is 12.4. The first-order chi connectivity index (χ1) is 14.6. The van der Waals surface area contributed by atoms with E-state index < -0.39 is 0 Å². The lowest BCUT2D eigenvalue weighted by molar-refractivity contribution is 0.249. The van der Waals surface area contributed by atoms with Crippen molar-refractivity contribution in [2.24, 2.45) is 7.05 Å². The third-order valence-electron chi connectivity index (χ3n) is 4.87. The molecule has 0 aliphatic carbocycles. The molecule has 0 bridgehead atoms. The summed E-state index contributed by atoms with van der Waals surface area (Å²) in [6.07, 6.45) is 6.29. The smallest absolute Gasteiger partial charge is 0.319 e. The van der Waals surface area contributed by atoms with Crippen LogP contribution in [0.25, 0.3) is 11.3 Å². The number of amides is 2. The molecule has 1 aromatic carbocycles. The van der Waals surface area contributed by atoms with Crippen LogP contribution in [-0.2, 0) is 7.05 Å². The van der Waals surface area contributed by atoms with Gasteiger partial charge in [0.05, 0.1) is 18.5 Å². The van der Waals surface area contributed by atoms with Crippen molar-refractivity contribution in [1.82, 2.24) is 25.1 Å². The van der Waals surface area contributed by atoms with Crippen molar-refractivity contribution in [2.45, 2.75) is 19.4 Å². The molecule has 9 heteroatoms. The average Bonchev–Trinajstić information content (AvgIpc) is 3.39. The summed E-state index contributed by atoms with van der Waals surface area (Å²) >= 11 is 0. The van der Waals surface area contributed by atoms with Crippen LogP contribution in [0, 0.1) is 0 Å². The van der Waals surface area contributed by atoms with Crippen molar-refractivity contribution in [2.75, 3.05) is 29.9 Å². The minimum Gasteiger partial charge on any atom is -0.494 e. The van der Waals surface area contributed by atoms with E-state index >= 15 is 0 Å². The summed E-state index contributed by atoms with van der Waals surface area (Å²) in [7, 11) is 1.88. The summed E-state index contributed by atoms with van der Waals surface area (Å²) in [5.74, 6) is 1.44. The van der Waals surface area contributed by atoms with Crippen LogP contribution < -0.4 is 20.3 Å². The predicted octanol–water partition coefficient (Wildman–Crippen LogP) is 2.68.